The summed E-state index contributed by atoms with van der Waals surface area (Å²) in [4.78, 5) is 21.1. The van der Waals surface area contributed by atoms with Crippen LogP contribution in [0.1, 0.15) is 41.3 Å². The normalized spacial score (nSPS) is 12.5. The highest BCUT2D eigenvalue weighted by molar-refractivity contribution is 7.84. The molecule has 0 aliphatic carbocycles. The number of benzene rings is 3. The van der Waals surface area contributed by atoms with E-state index in [1.54, 1.807) is 18.2 Å². The molecule has 2 atom stereocenters. The van der Waals surface area contributed by atoms with Gasteiger partial charge in [0.25, 0.3) is 12.0 Å². The average molecular weight is 646 g/mol. The molecule has 0 saturated carbocycles. The summed E-state index contributed by atoms with van der Waals surface area (Å²) in [6.45, 7) is 0.538. The monoisotopic (exact) mass is 645 g/mol. The van der Waals surface area contributed by atoms with Crippen molar-refractivity contribution in [2.75, 3.05) is 20.0 Å². The number of methoxy groups -OCH3 is 2. The maximum Gasteiger partial charge on any atom is 0.280 e. The molecule has 0 N–H and O–H groups in total. The predicted molar refractivity (Wildman–Crippen MR) is 172 cm³/mol. The first-order valence-corrected chi connectivity index (χ1v) is 15.8. The lowest BCUT2D eigenvalue weighted by Gasteiger charge is -2.18. The molecular formula is C35H33F2N3O5S. The minimum Gasteiger partial charge on any atom is -0.493 e. The number of hydrogen-bond donors (Lipinski definition) is 0. The Hall–Kier alpha value is -4.74. The van der Waals surface area contributed by atoms with Gasteiger partial charge in [-0.25, -0.2) is 18.7 Å². The van der Waals surface area contributed by atoms with Gasteiger partial charge in [0.05, 0.1) is 50.0 Å². The van der Waals surface area contributed by atoms with E-state index in [1.165, 1.54) is 37.1 Å². The summed E-state index contributed by atoms with van der Waals surface area (Å²) < 4.78 is 59.8. The molecule has 5 aromatic rings. The SMILES string of the molecule is COc1ccc(Cn2cc(-c3cc(C(F)F)nc(S(=O)CCC(OCc4ccccc4)c4ccccc4)n3)ccc2=O)cc1OC. The van der Waals surface area contributed by atoms with Crippen LogP contribution in [0.25, 0.3) is 11.3 Å². The Morgan fingerprint density at radius 1 is 0.826 bits per heavy atom. The van der Waals surface area contributed by atoms with E-state index in [-0.39, 0.29) is 34.8 Å². The molecule has 2 heterocycles. The number of hydrogen-bond acceptors (Lipinski definition) is 7. The number of rotatable bonds is 14. The summed E-state index contributed by atoms with van der Waals surface area (Å²) in [7, 11) is 1.24. The van der Waals surface area contributed by atoms with Crippen LogP contribution in [0.2, 0.25) is 0 Å². The molecule has 2 aromatic heterocycles. The van der Waals surface area contributed by atoms with Gasteiger partial charge in [0.2, 0.25) is 5.16 Å². The highest BCUT2D eigenvalue weighted by Crippen LogP contribution is 2.29. The quantitative estimate of drug-likeness (QED) is 0.123. The molecule has 0 aliphatic rings. The smallest absolute Gasteiger partial charge is 0.280 e. The first kappa shape index (κ1) is 32.6. The summed E-state index contributed by atoms with van der Waals surface area (Å²) in [5, 5.41) is -0.208. The van der Waals surface area contributed by atoms with E-state index in [4.69, 9.17) is 14.2 Å². The van der Waals surface area contributed by atoms with Gasteiger partial charge in [-0.15, -0.1) is 0 Å². The number of ether oxygens (including phenoxy) is 3. The van der Waals surface area contributed by atoms with Crippen LogP contribution < -0.4 is 15.0 Å². The van der Waals surface area contributed by atoms with Crippen LogP contribution in [0, 0.1) is 0 Å². The van der Waals surface area contributed by atoms with E-state index in [2.05, 4.69) is 9.97 Å². The number of pyridine rings is 1. The van der Waals surface area contributed by atoms with E-state index >= 15 is 0 Å². The second kappa shape index (κ2) is 15.5. The van der Waals surface area contributed by atoms with E-state index in [0.29, 0.717) is 30.1 Å². The molecule has 0 bridgehead atoms. The van der Waals surface area contributed by atoms with Gasteiger partial charge in [-0.3, -0.25) is 9.00 Å². The topological polar surface area (TPSA) is 92.5 Å². The maximum atomic E-state index is 14.0. The third-order valence-corrected chi connectivity index (χ3v) is 8.46. The van der Waals surface area contributed by atoms with Crippen LogP contribution in [0.15, 0.2) is 113 Å². The lowest BCUT2D eigenvalue weighted by Crippen LogP contribution is -2.19. The standard InChI is InChI=1S/C35H33F2N3O5S/c1-43-31-15-13-25(19-32(31)44-2)21-40-22-27(14-16-33(40)41)28-20-29(34(36)37)39-35(38-28)46(42)18-17-30(26-11-7-4-8-12-26)45-23-24-9-5-3-6-10-24/h3-16,19-20,22,30,34H,17-18,21,23H2,1-2H3. The van der Waals surface area contributed by atoms with Crippen molar-refractivity contribution in [3.8, 4) is 22.8 Å². The van der Waals surface area contributed by atoms with Crippen molar-refractivity contribution in [2.24, 2.45) is 0 Å². The van der Waals surface area contributed by atoms with E-state index in [1.807, 2.05) is 60.7 Å². The minimum absolute atomic E-state index is 0.0826. The van der Waals surface area contributed by atoms with E-state index in [0.717, 1.165) is 22.8 Å². The Bertz CT molecular complexity index is 1840. The zero-order valence-corrected chi connectivity index (χ0v) is 26.2. The highest BCUT2D eigenvalue weighted by Gasteiger charge is 2.20. The molecule has 5 rings (SSSR count). The fourth-order valence-electron chi connectivity index (χ4n) is 4.88. The van der Waals surface area contributed by atoms with Crippen molar-refractivity contribution in [3.63, 3.8) is 0 Å². The molecule has 3 aromatic carbocycles. The Morgan fingerprint density at radius 3 is 2.24 bits per heavy atom. The van der Waals surface area contributed by atoms with Crippen molar-refractivity contribution < 1.29 is 27.2 Å². The Balaban J connectivity index is 1.38. The summed E-state index contributed by atoms with van der Waals surface area (Å²) in [6.07, 6.45) is -1.42. The molecule has 0 amide bonds. The van der Waals surface area contributed by atoms with Crippen molar-refractivity contribution >= 4 is 10.8 Å². The van der Waals surface area contributed by atoms with E-state index in [9.17, 15) is 17.8 Å². The molecule has 0 spiro atoms. The largest absolute Gasteiger partial charge is 0.493 e. The Labute approximate surface area is 268 Å². The lowest BCUT2D eigenvalue weighted by atomic mass is 10.1. The molecule has 8 nitrogen and oxygen atoms in total. The first-order chi connectivity index (χ1) is 22.3. The summed E-state index contributed by atoms with van der Waals surface area (Å²) in [5.41, 5.74) is 2.35. The van der Waals surface area contributed by atoms with Gasteiger partial charge in [0, 0.05) is 23.6 Å². The molecule has 0 fully saturated rings. The summed E-state index contributed by atoms with van der Waals surface area (Å²) in [6, 6.07) is 28.6. The van der Waals surface area contributed by atoms with Gasteiger partial charge in [-0.1, -0.05) is 66.7 Å². The van der Waals surface area contributed by atoms with Gasteiger partial charge in [-0.05, 0) is 47.4 Å². The fourth-order valence-corrected chi connectivity index (χ4v) is 5.90. The zero-order valence-electron chi connectivity index (χ0n) is 25.3. The molecule has 238 valence electrons. The number of alkyl halides is 2. The van der Waals surface area contributed by atoms with Gasteiger partial charge in [-0.2, -0.15) is 0 Å². The minimum atomic E-state index is -2.92. The van der Waals surface area contributed by atoms with Crippen LogP contribution in [-0.4, -0.2) is 38.7 Å². The highest BCUT2D eigenvalue weighted by atomic mass is 32.2. The van der Waals surface area contributed by atoms with Gasteiger partial charge in [0.15, 0.2) is 11.5 Å². The molecule has 0 aliphatic heterocycles. The second-order valence-corrected chi connectivity index (χ2v) is 11.8. The average Bonchev–Trinajstić information content (AvgIpc) is 3.09. The van der Waals surface area contributed by atoms with Crippen molar-refractivity contribution in [2.45, 2.75) is 37.3 Å². The third kappa shape index (κ3) is 8.29. The van der Waals surface area contributed by atoms with Crippen LogP contribution in [0.5, 0.6) is 11.5 Å². The lowest BCUT2D eigenvalue weighted by molar-refractivity contribution is 0.0378. The Kier molecular flexibility index (Phi) is 11.0. The molecule has 0 radical (unpaired) electrons. The van der Waals surface area contributed by atoms with Crippen molar-refractivity contribution in [1.82, 2.24) is 14.5 Å². The summed E-state index contributed by atoms with van der Waals surface area (Å²) >= 11 is 0. The first-order valence-electron chi connectivity index (χ1n) is 14.5. The Morgan fingerprint density at radius 2 is 1.54 bits per heavy atom. The second-order valence-electron chi connectivity index (χ2n) is 10.4. The van der Waals surface area contributed by atoms with Crippen LogP contribution in [0.4, 0.5) is 8.78 Å². The van der Waals surface area contributed by atoms with Crippen molar-refractivity contribution in [1.29, 1.82) is 0 Å². The van der Waals surface area contributed by atoms with Crippen molar-refractivity contribution in [3.05, 3.63) is 136 Å². The molecule has 0 saturated heterocycles. The third-order valence-electron chi connectivity index (χ3n) is 7.26. The molecule has 11 heteroatoms. The van der Waals surface area contributed by atoms with Crippen LogP contribution in [-0.2, 0) is 28.7 Å². The summed E-state index contributed by atoms with van der Waals surface area (Å²) in [5.74, 6) is 1.14. The number of halogens is 2. The number of aromatic nitrogens is 3. The van der Waals surface area contributed by atoms with Crippen LogP contribution >= 0.6 is 0 Å². The molecular weight excluding hydrogens is 612 g/mol. The van der Waals surface area contributed by atoms with Gasteiger partial charge in [0.1, 0.15) is 5.69 Å². The van der Waals surface area contributed by atoms with Crippen LogP contribution in [0.3, 0.4) is 0 Å². The molecule has 46 heavy (non-hydrogen) atoms. The van der Waals surface area contributed by atoms with E-state index < -0.39 is 22.9 Å². The van der Waals surface area contributed by atoms with Gasteiger partial charge >= 0.3 is 0 Å². The predicted octanol–water partition coefficient (Wildman–Crippen LogP) is 6.76. The fraction of sp³-hybridized carbons (Fsp3) is 0.229. The molecule has 2 unspecified atom stereocenters. The maximum absolute atomic E-state index is 14.0. The number of nitrogens with zero attached hydrogens (tertiary/aromatic N) is 3. The van der Waals surface area contributed by atoms with Gasteiger partial charge < -0.3 is 18.8 Å². The zero-order chi connectivity index (χ0) is 32.5.